The predicted molar refractivity (Wildman–Crippen MR) is 113 cm³/mol. The number of likely N-dealkylation sites (tertiary alicyclic amines) is 1. The van der Waals surface area contributed by atoms with Crippen LogP contribution in [0.1, 0.15) is 42.6 Å². The highest BCUT2D eigenvalue weighted by molar-refractivity contribution is 6.34. The van der Waals surface area contributed by atoms with Crippen molar-refractivity contribution in [2.24, 2.45) is 5.92 Å². The Bertz CT molecular complexity index is 927. The van der Waals surface area contributed by atoms with E-state index in [-0.39, 0.29) is 11.7 Å². The van der Waals surface area contributed by atoms with Crippen LogP contribution in [0.5, 0.6) is 0 Å². The van der Waals surface area contributed by atoms with Crippen molar-refractivity contribution in [3.63, 3.8) is 0 Å². The first-order chi connectivity index (χ1) is 13.6. The Balaban J connectivity index is 0.00000109. The van der Waals surface area contributed by atoms with Crippen LogP contribution in [0.25, 0.3) is 10.9 Å². The van der Waals surface area contributed by atoms with E-state index in [0.29, 0.717) is 16.5 Å². The molecule has 2 heterocycles. The summed E-state index contributed by atoms with van der Waals surface area (Å²) in [6, 6.07) is 12.3. The fourth-order valence-corrected chi connectivity index (χ4v) is 3.95. The van der Waals surface area contributed by atoms with E-state index in [1.807, 2.05) is 55.3 Å². The van der Waals surface area contributed by atoms with Gasteiger partial charge in [-0.05, 0) is 61.1 Å². The molecule has 148 valence electrons. The van der Waals surface area contributed by atoms with E-state index in [1.165, 1.54) is 12.1 Å². The predicted octanol–water partition coefficient (Wildman–Crippen LogP) is 6.08. The van der Waals surface area contributed by atoms with Gasteiger partial charge in [-0.15, -0.1) is 0 Å². The van der Waals surface area contributed by atoms with Crippen molar-refractivity contribution in [2.45, 2.75) is 33.1 Å². The van der Waals surface area contributed by atoms with E-state index in [1.54, 1.807) is 0 Å². The molecule has 1 aliphatic rings. The molecule has 0 radical (unpaired) electrons. The Morgan fingerprint density at radius 1 is 1.14 bits per heavy atom. The van der Waals surface area contributed by atoms with Gasteiger partial charge in [-0.2, -0.15) is 0 Å². The zero-order valence-corrected chi connectivity index (χ0v) is 17.1. The van der Waals surface area contributed by atoms with Gasteiger partial charge >= 0.3 is 0 Å². The van der Waals surface area contributed by atoms with E-state index >= 15 is 0 Å². The number of aromatic nitrogens is 1. The van der Waals surface area contributed by atoms with Crippen LogP contribution in [-0.4, -0.2) is 28.9 Å². The van der Waals surface area contributed by atoms with E-state index in [0.717, 1.165) is 48.8 Å². The molecule has 5 heteroatoms. The topological polar surface area (TPSA) is 36.1 Å². The number of benzene rings is 2. The number of fused-ring (bicyclic) bond motifs is 1. The largest absolute Gasteiger partial charge is 0.361 e. The molecule has 1 aliphatic heterocycles. The van der Waals surface area contributed by atoms with Gasteiger partial charge in [0.15, 0.2) is 0 Å². The number of carbonyl (C=O) groups is 1. The lowest BCUT2D eigenvalue weighted by Gasteiger charge is -2.32. The third-order valence-corrected chi connectivity index (χ3v) is 5.52. The minimum Gasteiger partial charge on any atom is -0.361 e. The Kier molecular flexibility index (Phi) is 6.74. The van der Waals surface area contributed by atoms with E-state index in [4.69, 9.17) is 11.6 Å². The molecule has 1 aromatic heterocycles. The number of H-pyrrole nitrogens is 1. The number of halogens is 2. The third-order valence-electron chi connectivity index (χ3n) is 5.21. The lowest BCUT2D eigenvalue weighted by atomic mass is 9.90. The van der Waals surface area contributed by atoms with Gasteiger partial charge in [0, 0.05) is 30.2 Å². The normalized spacial score (nSPS) is 14.6. The molecule has 0 atom stereocenters. The number of nitrogens with zero attached hydrogens (tertiary/aromatic N) is 1. The van der Waals surface area contributed by atoms with Crippen LogP contribution in [0.4, 0.5) is 4.39 Å². The molecule has 1 saturated heterocycles. The molecule has 3 nitrogen and oxygen atoms in total. The number of hydrogen-bond donors (Lipinski definition) is 1. The summed E-state index contributed by atoms with van der Waals surface area (Å²) >= 11 is 6.32. The Morgan fingerprint density at radius 2 is 1.82 bits per heavy atom. The Morgan fingerprint density at radius 3 is 2.50 bits per heavy atom. The zero-order chi connectivity index (χ0) is 20.1. The number of hydrogen-bond acceptors (Lipinski definition) is 1. The number of rotatable bonds is 3. The minimum atomic E-state index is -0.203. The molecular formula is C23H26ClFN2O. The van der Waals surface area contributed by atoms with Crippen LogP contribution >= 0.6 is 11.6 Å². The van der Waals surface area contributed by atoms with E-state index in [9.17, 15) is 9.18 Å². The highest BCUT2D eigenvalue weighted by Crippen LogP contribution is 2.27. The van der Waals surface area contributed by atoms with Gasteiger partial charge in [-0.3, -0.25) is 4.79 Å². The van der Waals surface area contributed by atoms with Crippen molar-refractivity contribution in [3.8, 4) is 0 Å². The van der Waals surface area contributed by atoms with Crippen molar-refractivity contribution in [2.75, 3.05) is 13.1 Å². The fourth-order valence-electron chi connectivity index (χ4n) is 3.70. The number of carbonyl (C=O) groups excluding carboxylic acids is 1. The molecule has 28 heavy (non-hydrogen) atoms. The first-order valence-electron chi connectivity index (χ1n) is 9.90. The van der Waals surface area contributed by atoms with Gasteiger partial charge in [-0.1, -0.05) is 37.6 Å². The van der Waals surface area contributed by atoms with Crippen LogP contribution in [0.3, 0.4) is 0 Å². The molecule has 1 fully saturated rings. The van der Waals surface area contributed by atoms with Crippen molar-refractivity contribution in [1.29, 1.82) is 0 Å². The van der Waals surface area contributed by atoms with Crippen molar-refractivity contribution in [1.82, 2.24) is 9.88 Å². The highest BCUT2D eigenvalue weighted by atomic mass is 35.5. The monoisotopic (exact) mass is 400 g/mol. The summed E-state index contributed by atoms with van der Waals surface area (Å²) in [7, 11) is 0. The van der Waals surface area contributed by atoms with Gasteiger partial charge < -0.3 is 9.88 Å². The van der Waals surface area contributed by atoms with Crippen molar-refractivity contribution in [3.05, 3.63) is 70.6 Å². The van der Waals surface area contributed by atoms with Gasteiger partial charge in [0.1, 0.15) is 5.82 Å². The molecule has 4 rings (SSSR count). The Hall–Kier alpha value is -2.33. The molecule has 0 unspecified atom stereocenters. The number of piperidine rings is 1. The quantitative estimate of drug-likeness (QED) is 0.568. The Labute approximate surface area is 170 Å². The average molecular weight is 401 g/mol. The second kappa shape index (κ2) is 9.24. The van der Waals surface area contributed by atoms with Gasteiger partial charge in [0.2, 0.25) is 0 Å². The van der Waals surface area contributed by atoms with Gasteiger partial charge in [0.05, 0.1) is 10.6 Å². The summed E-state index contributed by atoms with van der Waals surface area (Å²) in [6.07, 6.45) is 4.68. The molecular weight excluding hydrogens is 375 g/mol. The zero-order valence-electron chi connectivity index (χ0n) is 16.3. The SMILES string of the molecule is CC.O=C(c1cc2cc[nH]c2cc1Cl)N1CCC(Cc2ccc(F)cc2)CC1. The molecule has 3 aromatic rings. The standard InChI is InChI=1S/C21H20ClFN2O.C2H6/c22-19-13-20-16(5-8-24-20)12-18(19)21(26)25-9-6-15(7-10-25)11-14-1-3-17(23)4-2-14;1-2/h1-5,8,12-13,15,24H,6-7,9-11H2;1-2H3. The number of aromatic amines is 1. The second-order valence-corrected chi connectivity index (χ2v) is 7.37. The summed E-state index contributed by atoms with van der Waals surface area (Å²) in [6.45, 7) is 5.46. The molecule has 0 bridgehead atoms. The molecule has 0 saturated carbocycles. The first kappa shape index (κ1) is 20.4. The van der Waals surface area contributed by atoms with Gasteiger partial charge in [0.25, 0.3) is 5.91 Å². The first-order valence-corrected chi connectivity index (χ1v) is 10.3. The second-order valence-electron chi connectivity index (χ2n) is 6.96. The summed E-state index contributed by atoms with van der Waals surface area (Å²) in [5, 5.41) is 1.47. The van der Waals surface area contributed by atoms with Crippen LogP contribution in [0.15, 0.2) is 48.7 Å². The summed E-state index contributed by atoms with van der Waals surface area (Å²) < 4.78 is 13.0. The number of nitrogens with one attached hydrogen (secondary N) is 1. The minimum absolute atomic E-state index is 0.00154. The molecule has 1 N–H and O–H groups in total. The lowest BCUT2D eigenvalue weighted by molar-refractivity contribution is 0.0691. The third kappa shape index (κ3) is 4.56. The maximum atomic E-state index is 13.0. The lowest BCUT2D eigenvalue weighted by Crippen LogP contribution is -2.39. The average Bonchev–Trinajstić information content (AvgIpc) is 3.18. The van der Waals surface area contributed by atoms with E-state index < -0.39 is 0 Å². The van der Waals surface area contributed by atoms with Crippen molar-refractivity contribution >= 4 is 28.4 Å². The number of amides is 1. The molecule has 2 aromatic carbocycles. The highest BCUT2D eigenvalue weighted by Gasteiger charge is 2.25. The van der Waals surface area contributed by atoms with Crippen molar-refractivity contribution < 1.29 is 9.18 Å². The smallest absolute Gasteiger partial charge is 0.255 e. The summed E-state index contributed by atoms with van der Waals surface area (Å²) in [5.74, 6) is 0.316. The molecule has 1 amide bonds. The van der Waals surface area contributed by atoms with Crippen LogP contribution < -0.4 is 0 Å². The van der Waals surface area contributed by atoms with Crippen LogP contribution in [0.2, 0.25) is 5.02 Å². The van der Waals surface area contributed by atoms with Crippen LogP contribution in [-0.2, 0) is 6.42 Å². The summed E-state index contributed by atoms with van der Waals surface area (Å²) in [5.41, 5.74) is 2.65. The summed E-state index contributed by atoms with van der Waals surface area (Å²) in [4.78, 5) is 17.9. The maximum Gasteiger partial charge on any atom is 0.255 e. The maximum absolute atomic E-state index is 13.0. The van der Waals surface area contributed by atoms with Crippen LogP contribution in [0, 0.1) is 11.7 Å². The molecule has 0 spiro atoms. The van der Waals surface area contributed by atoms with E-state index in [2.05, 4.69) is 4.98 Å². The fraction of sp³-hybridized carbons (Fsp3) is 0.348. The van der Waals surface area contributed by atoms with Gasteiger partial charge in [-0.25, -0.2) is 4.39 Å². The molecule has 0 aliphatic carbocycles.